The molecule has 1 aliphatic rings. The lowest BCUT2D eigenvalue weighted by Gasteiger charge is -2.34. The number of halogens is 2. The van der Waals surface area contributed by atoms with E-state index >= 15 is 0 Å². The molecule has 98 valence electrons. The van der Waals surface area contributed by atoms with Gasteiger partial charge in [-0.1, -0.05) is 18.5 Å². The van der Waals surface area contributed by atoms with Crippen LogP contribution in [0.5, 0.6) is 0 Å². The lowest BCUT2D eigenvalue weighted by molar-refractivity contribution is 0.0642. The van der Waals surface area contributed by atoms with Crippen LogP contribution in [0.25, 0.3) is 0 Å². The van der Waals surface area contributed by atoms with Gasteiger partial charge in [0, 0.05) is 32.4 Å². The molecule has 0 atom stereocenters. The summed E-state index contributed by atoms with van der Waals surface area (Å²) in [6.45, 7) is 6.11. The molecule has 18 heavy (non-hydrogen) atoms. The Hall–Kier alpha value is -1.20. The van der Waals surface area contributed by atoms with E-state index in [0.29, 0.717) is 13.1 Å². The van der Waals surface area contributed by atoms with E-state index in [0.717, 1.165) is 25.7 Å². The van der Waals surface area contributed by atoms with Crippen molar-refractivity contribution >= 4 is 17.5 Å². The first-order valence-corrected chi connectivity index (χ1v) is 6.32. The Labute approximate surface area is 110 Å². The maximum absolute atomic E-state index is 13.2. The summed E-state index contributed by atoms with van der Waals surface area (Å²) < 4.78 is 13.2. The van der Waals surface area contributed by atoms with Crippen molar-refractivity contribution in [2.24, 2.45) is 0 Å². The molecule has 0 aliphatic carbocycles. The van der Waals surface area contributed by atoms with Crippen molar-refractivity contribution in [2.45, 2.75) is 6.92 Å². The van der Waals surface area contributed by atoms with E-state index in [1.54, 1.807) is 4.90 Å². The zero-order valence-corrected chi connectivity index (χ0v) is 11.0. The van der Waals surface area contributed by atoms with E-state index in [1.165, 1.54) is 6.20 Å². The summed E-state index contributed by atoms with van der Waals surface area (Å²) >= 11 is 5.49. The third kappa shape index (κ3) is 2.79. The van der Waals surface area contributed by atoms with E-state index in [2.05, 4.69) is 16.8 Å². The molecule has 1 aliphatic heterocycles. The Morgan fingerprint density at radius 3 is 2.67 bits per heavy atom. The maximum atomic E-state index is 13.2. The predicted octanol–water partition coefficient (Wildman–Crippen LogP) is 1.65. The van der Waals surface area contributed by atoms with Crippen LogP contribution in [-0.2, 0) is 0 Å². The van der Waals surface area contributed by atoms with Crippen LogP contribution in [0.2, 0.25) is 5.15 Å². The lowest BCUT2D eigenvalue weighted by atomic mass is 10.2. The van der Waals surface area contributed by atoms with Crippen molar-refractivity contribution in [1.82, 2.24) is 14.8 Å². The van der Waals surface area contributed by atoms with Gasteiger partial charge in [-0.25, -0.2) is 9.37 Å². The highest BCUT2D eigenvalue weighted by Crippen LogP contribution is 2.14. The number of carbonyl (C=O) groups is 1. The Morgan fingerprint density at radius 1 is 1.44 bits per heavy atom. The maximum Gasteiger partial charge on any atom is 0.255 e. The standard InChI is InChI=1S/C12H15ClFN3O/c1-2-16-3-5-17(6-4-16)12(18)9-7-10(14)11(13)15-8-9/h7-8H,2-6H2,1H3. The largest absolute Gasteiger partial charge is 0.336 e. The molecule has 2 heterocycles. The van der Waals surface area contributed by atoms with Gasteiger partial charge in [-0.2, -0.15) is 0 Å². The van der Waals surface area contributed by atoms with Gasteiger partial charge in [0.25, 0.3) is 5.91 Å². The zero-order chi connectivity index (χ0) is 13.1. The third-order valence-electron chi connectivity index (χ3n) is 3.15. The summed E-state index contributed by atoms with van der Waals surface area (Å²) in [5.74, 6) is -0.844. The second-order valence-electron chi connectivity index (χ2n) is 4.22. The molecule has 6 heteroatoms. The van der Waals surface area contributed by atoms with Crippen molar-refractivity contribution in [1.29, 1.82) is 0 Å². The SMILES string of the molecule is CCN1CCN(C(=O)c2cnc(Cl)c(F)c2)CC1. The summed E-state index contributed by atoms with van der Waals surface area (Å²) in [7, 11) is 0. The molecule has 1 fully saturated rings. The van der Waals surface area contributed by atoms with Crippen LogP contribution in [0.1, 0.15) is 17.3 Å². The summed E-state index contributed by atoms with van der Waals surface area (Å²) in [5.41, 5.74) is 0.252. The third-order valence-corrected chi connectivity index (χ3v) is 3.43. The normalized spacial score (nSPS) is 16.9. The molecule has 4 nitrogen and oxygen atoms in total. The quantitative estimate of drug-likeness (QED) is 0.768. The predicted molar refractivity (Wildman–Crippen MR) is 67.2 cm³/mol. The number of hydrogen-bond acceptors (Lipinski definition) is 3. The van der Waals surface area contributed by atoms with Crippen LogP contribution in [0.15, 0.2) is 12.3 Å². The molecule has 1 aromatic heterocycles. The van der Waals surface area contributed by atoms with Crippen molar-refractivity contribution in [3.05, 3.63) is 28.8 Å². The second kappa shape index (κ2) is 5.63. The number of amides is 1. The first-order valence-electron chi connectivity index (χ1n) is 5.94. The number of carbonyl (C=O) groups excluding carboxylic acids is 1. The van der Waals surface area contributed by atoms with Crippen molar-refractivity contribution in [2.75, 3.05) is 32.7 Å². The minimum absolute atomic E-state index is 0.186. The van der Waals surface area contributed by atoms with Gasteiger partial charge in [0.15, 0.2) is 11.0 Å². The number of hydrogen-bond donors (Lipinski definition) is 0. The fraction of sp³-hybridized carbons (Fsp3) is 0.500. The highest BCUT2D eigenvalue weighted by Gasteiger charge is 2.22. The van der Waals surface area contributed by atoms with Crippen LogP contribution in [-0.4, -0.2) is 53.4 Å². The van der Waals surface area contributed by atoms with Crippen molar-refractivity contribution in [3.8, 4) is 0 Å². The van der Waals surface area contributed by atoms with E-state index < -0.39 is 5.82 Å². The van der Waals surface area contributed by atoms with E-state index in [1.807, 2.05) is 0 Å². The number of rotatable bonds is 2. The smallest absolute Gasteiger partial charge is 0.255 e. The zero-order valence-electron chi connectivity index (χ0n) is 10.2. The fourth-order valence-corrected chi connectivity index (χ4v) is 2.09. The van der Waals surface area contributed by atoms with Gasteiger partial charge >= 0.3 is 0 Å². The van der Waals surface area contributed by atoms with E-state index in [-0.39, 0.29) is 16.6 Å². The molecule has 0 aromatic carbocycles. The van der Waals surface area contributed by atoms with E-state index in [4.69, 9.17) is 11.6 Å². The van der Waals surface area contributed by atoms with Gasteiger partial charge < -0.3 is 9.80 Å². The number of likely N-dealkylation sites (N-methyl/N-ethyl adjacent to an activating group) is 1. The van der Waals surface area contributed by atoms with Crippen LogP contribution in [0, 0.1) is 5.82 Å². The summed E-state index contributed by atoms with van der Waals surface area (Å²) in [4.78, 5) is 19.8. The van der Waals surface area contributed by atoms with Crippen molar-refractivity contribution < 1.29 is 9.18 Å². The van der Waals surface area contributed by atoms with Gasteiger partial charge in [-0.15, -0.1) is 0 Å². The Balaban J connectivity index is 2.05. The van der Waals surface area contributed by atoms with Gasteiger partial charge in [0.1, 0.15) is 0 Å². The molecule has 1 saturated heterocycles. The molecule has 0 bridgehead atoms. The average Bonchev–Trinajstić information content (AvgIpc) is 2.41. The molecule has 0 saturated carbocycles. The molecule has 1 amide bonds. The molecule has 0 N–H and O–H groups in total. The van der Waals surface area contributed by atoms with Crippen LogP contribution < -0.4 is 0 Å². The van der Waals surface area contributed by atoms with Crippen LogP contribution in [0.3, 0.4) is 0 Å². The average molecular weight is 272 g/mol. The Kier molecular flexibility index (Phi) is 4.14. The summed E-state index contributed by atoms with van der Waals surface area (Å²) in [6, 6.07) is 1.14. The first kappa shape index (κ1) is 13.2. The minimum atomic E-state index is -0.658. The molecule has 0 spiro atoms. The fourth-order valence-electron chi connectivity index (χ4n) is 1.99. The Morgan fingerprint density at radius 2 is 2.11 bits per heavy atom. The molecule has 0 radical (unpaired) electrons. The molecular formula is C12H15ClFN3O. The summed E-state index contributed by atoms with van der Waals surface area (Å²) in [5, 5.41) is -0.206. The molecular weight excluding hydrogens is 257 g/mol. The molecule has 0 unspecified atom stereocenters. The first-order chi connectivity index (χ1) is 8.61. The number of nitrogens with zero attached hydrogens (tertiary/aromatic N) is 3. The van der Waals surface area contributed by atoms with Gasteiger partial charge in [0.2, 0.25) is 0 Å². The van der Waals surface area contributed by atoms with Gasteiger partial charge in [-0.05, 0) is 12.6 Å². The van der Waals surface area contributed by atoms with Gasteiger partial charge in [0.05, 0.1) is 5.56 Å². The topological polar surface area (TPSA) is 36.4 Å². The van der Waals surface area contributed by atoms with Gasteiger partial charge in [-0.3, -0.25) is 4.79 Å². The molecule has 2 rings (SSSR count). The Bertz CT molecular complexity index is 447. The van der Waals surface area contributed by atoms with Crippen LogP contribution >= 0.6 is 11.6 Å². The summed E-state index contributed by atoms with van der Waals surface area (Å²) in [6.07, 6.45) is 1.32. The van der Waals surface area contributed by atoms with Crippen LogP contribution in [0.4, 0.5) is 4.39 Å². The lowest BCUT2D eigenvalue weighted by Crippen LogP contribution is -2.48. The number of aromatic nitrogens is 1. The molecule has 1 aromatic rings. The second-order valence-corrected chi connectivity index (χ2v) is 4.58. The number of pyridine rings is 1. The number of piperazine rings is 1. The minimum Gasteiger partial charge on any atom is -0.336 e. The van der Waals surface area contributed by atoms with Crippen molar-refractivity contribution in [3.63, 3.8) is 0 Å². The highest BCUT2D eigenvalue weighted by atomic mass is 35.5. The highest BCUT2D eigenvalue weighted by molar-refractivity contribution is 6.29. The van der Waals surface area contributed by atoms with E-state index in [9.17, 15) is 9.18 Å². The monoisotopic (exact) mass is 271 g/mol.